The third kappa shape index (κ3) is 4.10. The monoisotopic (exact) mass is 246 g/mol. The van der Waals surface area contributed by atoms with Gasteiger partial charge in [0.15, 0.2) is 6.61 Å². The second-order valence-corrected chi connectivity index (χ2v) is 4.50. The van der Waals surface area contributed by atoms with E-state index in [9.17, 15) is 4.79 Å². The molecule has 1 atom stereocenters. The maximum Gasteiger partial charge on any atom is 0.227 e. The van der Waals surface area contributed by atoms with Gasteiger partial charge in [-0.2, -0.15) is 5.26 Å². The predicted octanol–water partition coefficient (Wildman–Crippen LogP) is 2.82. The number of anilines is 1. The quantitative estimate of drug-likeness (QED) is 0.869. The molecule has 0 aromatic heterocycles. The number of nitriles is 1. The first-order chi connectivity index (χ1) is 8.54. The highest BCUT2D eigenvalue weighted by molar-refractivity contribution is 5.92. The summed E-state index contributed by atoms with van der Waals surface area (Å²) in [7, 11) is 0. The Morgan fingerprint density at radius 1 is 1.44 bits per heavy atom. The van der Waals surface area contributed by atoms with E-state index in [1.165, 1.54) is 0 Å². The number of amides is 1. The number of nitrogens with one attached hydrogen (secondary N) is 1. The van der Waals surface area contributed by atoms with Crippen molar-refractivity contribution in [2.24, 2.45) is 11.8 Å². The van der Waals surface area contributed by atoms with Crippen molar-refractivity contribution < 1.29 is 9.53 Å². The van der Waals surface area contributed by atoms with Gasteiger partial charge in [-0.1, -0.05) is 26.8 Å². The van der Waals surface area contributed by atoms with Gasteiger partial charge in [-0.15, -0.1) is 0 Å². The Morgan fingerprint density at radius 3 is 2.78 bits per heavy atom. The molecule has 18 heavy (non-hydrogen) atoms. The van der Waals surface area contributed by atoms with Crippen LogP contribution in [-0.4, -0.2) is 12.5 Å². The van der Waals surface area contributed by atoms with Gasteiger partial charge in [0.2, 0.25) is 5.91 Å². The fourth-order valence-electron chi connectivity index (χ4n) is 1.34. The summed E-state index contributed by atoms with van der Waals surface area (Å²) in [5.74, 6) is 0.811. The zero-order chi connectivity index (χ0) is 13.5. The fraction of sp³-hybridized carbons (Fsp3) is 0.429. The van der Waals surface area contributed by atoms with Crippen molar-refractivity contribution in [3.8, 4) is 11.8 Å². The molecule has 1 amide bonds. The number of nitrogens with zero attached hydrogens (tertiary/aromatic N) is 1. The number of rotatable bonds is 5. The minimum Gasteiger partial charge on any atom is -0.479 e. The lowest BCUT2D eigenvalue weighted by molar-refractivity contribution is -0.120. The molecule has 1 N–H and O–H groups in total. The van der Waals surface area contributed by atoms with Crippen LogP contribution in [0.5, 0.6) is 5.75 Å². The average molecular weight is 246 g/mol. The van der Waals surface area contributed by atoms with Crippen LogP contribution < -0.4 is 10.1 Å². The molecule has 1 aromatic carbocycles. The van der Waals surface area contributed by atoms with Crippen molar-refractivity contribution in [2.75, 3.05) is 11.9 Å². The van der Waals surface area contributed by atoms with Crippen LogP contribution in [0.3, 0.4) is 0 Å². The summed E-state index contributed by atoms with van der Waals surface area (Å²) in [5.41, 5.74) is 0.683. The smallest absolute Gasteiger partial charge is 0.227 e. The number of carbonyl (C=O) groups is 1. The molecule has 0 saturated carbocycles. The van der Waals surface area contributed by atoms with E-state index in [4.69, 9.17) is 10.00 Å². The van der Waals surface area contributed by atoms with Crippen molar-refractivity contribution >= 4 is 11.6 Å². The highest BCUT2D eigenvalue weighted by Gasteiger charge is 2.16. The van der Waals surface area contributed by atoms with E-state index in [1.807, 2.05) is 26.8 Å². The Kier molecular flexibility index (Phi) is 5.19. The molecule has 0 saturated heterocycles. The molecule has 1 rings (SSSR count). The number of hydrogen-bond donors (Lipinski definition) is 1. The first-order valence-electron chi connectivity index (χ1n) is 5.95. The molecule has 1 unspecified atom stereocenters. The van der Waals surface area contributed by atoms with Crippen LogP contribution in [0.1, 0.15) is 20.8 Å². The van der Waals surface area contributed by atoms with Crippen molar-refractivity contribution in [1.29, 1.82) is 5.26 Å². The number of ether oxygens (including phenoxy) is 1. The van der Waals surface area contributed by atoms with Gasteiger partial charge in [-0.3, -0.25) is 4.79 Å². The average Bonchev–Trinajstić information content (AvgIpc) is 2.35. The molecule has 0 radical (unpaired) electrons. The highest BCUT2D eigenvalue weighted by atomic mass is 16.5. The summed E-state index contributed by atoms with van der Waals surface area (Å²) < 4.78 is 5.17. The number of carbonyl (C=O) groups excluding carboxylic acids is 1. The summed E-state index contributed by atoms with van der Waals surface area (Å²) in [6.07, 6.45) is 0. The van der Waals surface area contributed by atoms with Crippen molar-refractivity contribution in [3.05, 3.63) is 24.3 Å². The largest absolute Gasteiger partial charge is 0.479 e. The summed E-state index contributed by atoms with van der Waals surface area (Å²) in [6.45, 7) is 5.92. The lowest BCUT2D eigenvalue weighted by Gasteiger charge is -2.15. The van der Waals surface area contributed by atoms with Gasteiger partial charge in [0, 0.05) is 17.7 Å². The Bertz CT molecular complexity index is 449. The standard InChI is InChI=1S/C14H18N2O2/c1-10(2)11(3)14(17)16-12-5-4-6-13(9-12)18-8-7-15/h4-6,9-11H,8H2,1-3H3,(H,16,17). The Hall–Kier alpha value is -2.02. The summed E-state index contributed by atoms with van der Waals surface area (Å²) >= 11 is 0. The van der Waals surface area contributed by atoms with Gasteiger partial charge in [0.1, 0.15) is 11.8 Å². The van der Waals surface area contributed by atoms with E-state index in [1.54, 1.807) is 24.3 Å². The molecule has 0 aliphatic heterocycles. The zero-order valence-corrected chi connectivity index (χ0v) is 10.9. The molecular formula is C14H18N2O2. The summed E-state index contributed by atoms with van der Waals surface area (Å²) in [4.78, 5) is 11.9. The lowest BCUT2D eigenvalue weighted by Crippen LogP contribution is -2.24. The Morgan fingerprint density at radius 2 is 2.17 bits per heavy atom. The molecule has 0 aliphatic carbocycles. The van der Waals surface area contributed by atoms with Crippen LogP contribution in [0, 0.1) is 23.2 Å². The first kappa shape index (κ1) is 14.0. The van der Waals surface area contributed by atoms with Gasteiger partial charge in [-0.05, 0) is 18.1 Å². The van der Waals surface area contributed by atoms with Crippen molar-refractivity contribution in [1.82, 2.24) is 0 Å². The zero-order valence-electron chi connectivity index (χ0n) is 10.9. The molecule has 0 spiro atoms. The number of hydrogen-bond acceptors (Lipinski definition) is 3. The van der Waals surface area contributed by atoms with Gasteiger partial charge >= 0.3 is 0 Å². The molecule has 4 nitrogen and oxygen atoms in total. The van der Waals surface area contributed by atoms with Crippen molar-refractivity contribution in [3.63, 3.8) is 0 Å². The molecule has 4 heteroatoms. The van der Waals surface area contributed by atoms with E-state index in [-0.39, 0.29) is 18.4 Å². The predicted molar refractivity (Wildman–Crippen MR) is 70.2 cm³/mol. The molecule has 0 aliphatic rings. The third-order valence-corrected chi connectivity index (χ3v) is 2.82. The van der Waals surface area contributed by atoms with Crippen LogP contribution in [0.15, 0.2) is 24.3 Å². The van der Waals surface area contributed by atoms with E-state index in [2.05, 4.69) is 5.32 Å². The minimum absolute atomic E-state index is 0.000202. The molecule has 0 fully saturated rings. The third-order valence-electron chi connectivity index (χ3n) is 2.82. The van der Waals surface area contributed by atoms with E-state index in [0.717, 1.165) is 0 Å². The Balaban J connectivity index is 2.67. The van der Waals surface area contributed by atoms with Gasteiger partial charge in [0.25, 0.3) is 0 Å². The highest BCUT2D eigenvalue weighted by Crippen LogP contribution is 2.19. The van der Waals surface area contributed by atoms with Gasteiger partial charge < -0.3 is 10.1 Å². The van der Waals surface area contributed by atoms with Crippen LogP contribution in [0.2, 0.25) is 0 Å². The first-order valence-corrected chi connectivity index (χ1v) is 5.95. The maximum absolute atomic E-state index is 11.9. The number of benzene rings is 1. The lowest BCUT2D eigenvalue weighted by atomic mass is 9.97. The molecular weight excluding hydrogens is 228 g/mol. The van der Waals surface area contributed by atoms with Crippen LogP contribution in [-0.2, 0) is 4.79 Å². The van der Waals surface area contributed by atoms with E-state index in [0.29, 0.717) is 17.4 Å². The van der Waals surface area contributed by atoms with Crippen LogP contribution in [0.25, 0.3) is 0 Å². The second kappa shape index (κ2) is 6.65. The fourth-order valence-corrected chi connectivity index (χ4v) is 1.34. The Labute approximate surface area is 108 Å². The normalized spacial score (nSPS) is 11.7. The van der Waals surface area contributed by atoms with Gasteiger partial charge in [0.05, 0.1) is 0 Å². The summed E-state index contributed by atoms with van der Waals surface area (Å²) in [5, 5.41) is 11.3. The van der Waals surface area contributed by atoms with E-state index < -0.39 is 0 Å². The molecule has 1 aromatic rings. The SMILES string of the molecule is CC(C)C(C)C(=O)Nc1cccc(OCC#N)c1. The second-order valence-electron chi connectivity index (χ2n) is 4.50. The van der Waals surface area contributed by atoms with Crippen molar-refractivity contribution in [2.45, 2.75) is 20.8 Å². The van der Waals surface area contributed by atoms with E-state index >= 15 is 0 Å². The minimum atomic E-state index is -0.0475. The molecule has 96 valence electrons. The van der Waals surface area contributed by atoms with Crippen LogP contribution in [0.4, 0.5) is 5.69 Å². The molecule has 0 bridgehead atoms. The summed E-state index contributed by atoms with van der Waals surface area (Å²) in [6, 6.07) is 8.94. The van der Waals surface area contributed by atoms with Crippen LogP contribution >= 0.6 is 0 Å². The van der Waals surface area contributed by atoms with Gasteiger partial charge in [-0.25, -0.2) is 0 Å². The maximum atomic E-state index is 11.9. The topological polar surface area (TPSA) is 62.1 Å². The molecule has 0 heterocycles.